The summed E-state index contributed by atoms with van der Waals surface area (Å²) in [5.74, 6) is 1.62. The van der Waals surface area contributed by atoms with Gasteiger partial charge in [0.2, 0.25) is 0 Å². The van der Waals surface area contributed by atoms with Gasteiger partial charge in [0.1, 0.15) is 5.82 Å². The molecule has 1 N–H and O–H groups in total. The van der Waals surface area contributed by atoms with Crippen LogP contribution in [0.1, 0.15) is 33.1 Å². The topological polar surface area (TPSA) is 12.0 Å². The number of rotatable bonds is 8. The zero-order chi connectivity index (χ0) is 13.4. The van der Waals surface area contributed by atoms with Crippen LogP contribution < -0.4 is 5.32 Å². The molecular formula is C15H24FNS. The first kappa shape index (κ1) is 15.5. The van der Waals surface area contributed by atoms with Crippen molar-refractivity contribution in [2.24, 2.45) is 5.92 Å². The van der Waals surface area contributed by atoms with Gasteiger partial charge in [-0.3, -0.25) is 0 Å². The van der Waals surface area contributed by atoms with Crippen LogP contribution in [-0.4, -0.2) is 18.8 Å². The van der Waals surface area contributed by atoms with E-state index in [0.29, 0.717) is 6.04 Å². The van der Waals surface area contributed by atoms with E-state index in [9.17, 15) is 4.39 Å². The first-order valence-electron chi connectivity index (χ1n) is 6.67. The number of benzene rings is 1. The van der Waals surface area contributed by atoms with E-state index < -0.39 is 0 Å². The van der Waals surface area contributed by atoms with Gasteiger partial charge in [-0.1, -0.05) is 32.8 Å². The van der Waals surface area contributed by atoms with Crippen molar-refractivity contribution in [2.75, 3.05) is 12.8 Å². The fourth-order valence-corrected chi connectivity index (χ4v) is 2.93. The van der Waals surface area contributed by atoms with Crippen molar-refractivity contribution in [1.82, 2.24) is 5.32 Å². The van der Waals surface area contributed by atoms with Gasteiger partial charge in [0, 0.05) is 16.7 Å². The van der Waals surface area contributed by atoms with Gasteiger partial charge < -0.3 is 5.32 Å². The summed E-state index contributed by atoms with van der Waals surface area (Å²) in [6.07, 6.45) is 3.73. The second-order valence-electron chi connectivity index (χ2n) is 5.08. The summed E-state index contributed by atoms with van der Waals surface area (Å²) in [6, 6.07) is 7.34. The molecule has 0 spiro atoms. The van der Waals surface area contributed by atoms with Crippen LogP contribution >= 0.6 is 11.8 Å². The highest BCUT2D eigenvalue weighted by atomic mass is 32.2. The summed E-state index contributed by atoms with van der Waals surface area (Å²) >= 11 is 1.72. The summed E-state index contributed by atoms with van der Waals surface area (Å²) in [6.45, 7) is 4.52. The molecule has 0 radical (unpaired) electrons. The standard InChI is InChI=1S/C15H24FNS/c1-12(2)6-4-8-14(17-3)11-18-15-9-5-7-13(16)10-15/h5,7,9-10,12,14,17H,4,6,8,11H2,1-3H3. The Hall–Kier alpha value is -0.540. The lowest BCUT2D eigenvalue weighted by Gasteiger charge is -2.16. The molecule has 0 aliphatic heterocycles. The monoisotopic (exact) mass is 269 g/mol. The highest BCUT2D eigenvalue weighted by molar-refractivity contribution is 7.99. The van der Waals surface area contributed by atoms with Crippen LogP contribution in [0.15, 0.2) is 29.2 Å². The SMILES string of the molecule is CNC(CCCC(C)C)CSc1cccc(F)c1. The number of hydrogen-bond donors (Lipinski definition) is 1. The van der Waals surface area contributed by atoms with Gasteiger partial charge in [0.05, 0.1) is 0 Å². The molecule has 0 aromatic heterocycles. The zero-order valence-corrected chi connectivity index (χ0v) is 12.4. The molecule has 1 rings (SSSR count). The molecule has 0 heterocycles. The molecule has 1 aromatic rings. The van der Waals surface area contributed by atoms with Gasteiger partial charge in [-0.15, -0.1) is 11.8 Å². The number of thioether (sulfide) groups is 1. The molecule has 0 fully saturated rings. The quantitative estimate of drug-likeness (QED) is 0.705. The van der Waals surface area contributed by atoms with Crippen LogP contribution in [0.5, 0.6) is 0 Å². The van der Waals surface area contributed by atoms with Crippen molar-refractivity contribution in [3.63, 3.8) is 0 Å². The molecule has 1 unspecified atom stereocenters. The van der Waals surface area contributed by atoms with Crippen LogP contribution in [0.3, 0.4) is 0 Å². The molecule has 18 heavy (non-hydrogen) atoms. The lowest BCUT2D eigenvalue weighted by Crippen LogP contribution is -2.27. The highest BCUT2D eigenvalue weighted by Gasteiger charge is 2.07. The Balaban J connectivity index is 2.30. The predicted molar refractivity (Wildman–Crippen MR) is 78.7 cm³/mol. The summed E-state index contributed by atoms with van der Waals surface area (Å²) < 4.78 is 13.0. The van der Waals surface area contributed by atoms with Crippen molar-refractivity contribution in [3.05, 3.63) is 30.1 Å². The molecule has 0 bridgehead atoms. The molecule has 1 aromatic carbocycles. The molecule has 0 saturated heterocycles. The van der Waals surface area contributed by atoms with Gasteiger partial charge in [-0.2, -0.15) is 0 Å². The van der Waals surface area contributed by atoms with E-state index in [4.69, 9.17) is 0 Å². The summed E-state index contributed by atoms with van der Waals surface area (Å²) in [4.78, 5) is 1.01. The van der Waals surface area contributed by atoms with Gasteiger partial charge in [0.25, 0.3) is 0 Å². The second-order valence-corrected chi connectivity index (χ2v) is 6.17. The summed E-state index contributed by atoms with van der Waals surface area (Å²) in [7, 11) is 2.01. The van der Waals surface area contributed by atoms with Crippen molar-refractivity contribution >= 4 is 11.8 Å². The lowest BCUT2D eigenvalue weighted by molar-refractivity contribution is 0.483. The van der Waals surface area contributed by atoms with E-state index in [1.54, 1.807) is 23.9 Å². The highest BCUT2D eigenvalue weighted by Crippen LogP contribution is 2.21. The smallest absolute Gasteiger partial charge is 0.124 e. The van der Waals surface area contributed by atoms with Crippen LogP contribution in [-0.2, 0) is 0 Å². The molecule has 0 saturated carbocycles. The minimum absolute atomic E-state index is 0.152. The molecule has 102 valence electrons. The first-order chi connectivity index (χ1) is 8.61. The Labute approximate surface area is 115 Å². The average Bonchev–Trinajstić information content (AvgIpc) is 2.33. The number of hydrogen-bond acceptors (Lipinski definition) is 2. The second kappa shape index (κ2) is 8.54. The Morgan fingerprint density at radius 2 is 2.06 bits per heavy atom. The Morgan fingerprint density at radius 1 is 1.28 bits per heavy atom. The van der Waals surface area contributed by atoms with E-state index >= 15 is 0 Å². The third-order valence-corrected chi connectivity index (χ3v) is 4.15. The predicted octanol–water partition coefficient (Wildman–Crippen LogP) is 4.33. The molecule has 0 aliphatic rings. The van der Waals surface area contributed by atoms with Gasteiger partial charge in [-0.25, -0.2) is 4.39 Å². The summed E-state index contributed by atoms with van der Waals surface area (Å²) in [5.41, 5.74) is 0. The van der Waals surface area contributed by atoms with Crippen molar-refractivity contribution < 1.29 is 4.39 Å². The van der Waals surface area contributed by atoms with Crippen molar-refractivity contribution in [2.45, 2.75) is 44.0 Å². The molecule has 3 heteroatoms. The zero-order valence-electron chi connectivity index (χ0n) is 11.6. The van der Waals surface area contributed by atoms with Crippen LogP contribution in [0, 0.1) is 11.7 Å². The van der Waals surface area contributed by atoms with E-state index in [2.05, 4.69) is 19.2 Å². The Bertz CT molecular complexity index is 341. The minimum Gasteiger partial charge on any atom is -0.316 e. The molecular weight excluding hydrogens is 245 g/mol. The van der Waals surface area contributed by atoms with Crippen molar-refractivity contribution in [3.8, 4) is 0 Å². The van der Waals surface area contributed by atoms with Crippen molar-refractivity contribution in [1.29, 1.82) is 0 Å². The van der Waals surface area contributed by atoms with E-state index in [1.807, 2.05) is 13.1 Å². The molecule has 1 nitrogen and oxygen atoms in total. The van der Waals surface area contributed by atoms with E-state index in [0.717, 1.165) is 16.6 Å². The maximum atomic E-state index is 13.0. The van der Waals surface area contributed by atoms with Gasteiger partial charge >= 0.3 is 0 Å². The van der Waals surface area contributed by atoms with E-state index in [-0.39, 0.29) is 5.82 Å². The largest absolute Gasteiger partial charge is 0.316 e. The minimum atomic E-state index is -0.152. The molecule has 1 atom stereocenters. The molecule has 0 aliphatic carbocycles. The fraction of sp³-hybridized carbons (Fsp3) is 0.600. The van der Waals surface area contributed by atoms with E-state index in [1.165, 1.54) is 25.3 Å². The first-order valence-corrected chi connectivity index (χ1v) is 7.66. The fourth-order valence-electron chi connectivity index (χ4n) is 1.84. The third-order valence-electron chi connectivity index (χ3n) is 2.99. The Morgan fingerprint density at radius 3 is 2.67 bits per heavy atom. The van der Waals surface area contributed by atoms with Gasteiger partial charge in [0.15, 0.2) is 0 Å². The van der Waals surface area contributed by atoms with Crippen LogP contribution in [0.4, 0.5) is 4.39 Å². The third kappa shape index (κ3) is 6.41. The van der Waals surface area contributed by atoms with Crippen LogP contribution in [0.25, 0.3) is 0 Å². The van der Waals surface area contributed by atoms with Gasteiger partial charge in [-0.05, 0) is 37.6 Å². The number of nitrogens with one attached hydrogen (secondary N) is 1. The molecule has 0 amide bonds. The van der Waals surface area contributed by atoms with Crippen LogP contribution in [0.2, 0.25) is 0 Å². The maximum Gasteiger partial charge on any atom is 0.124 e. The maximum absolute atomic E-state index is 13.0. The average molecular weight is 269 g/mol. The number of halogens is 1. The normalized spacial score (nSPS) is 12.9. The Kier molecular flexibility index (Phi) is 7.36. The summed E-state index contributed by atoms with van der Waals surface area (Å²) in [5, 5.41) is 3.35. The lowest BCUT2D eigenvalue weighted by atomic mass is 10.0.